The number of halogens is 2. The number of nitrogens with zero attached hydrogens (tertiary/aromatic N) is 3. The highest BCUT2D eigenvalue weighted by Crippen LogP contribution is 2.34. The van der Waals surface area contributed by atoms with Crippen molar-refractivity contribution in [3.05, 3.63) is 46.8 Å². The number of hydrogen-bond donors (Lipinski definition) is 0. The number of pyridine rings is 1. The molecule has 32 heavy (non-hydrogen) atoms. The van der Waals surface area contributed by atoms with Gasteiger partial charge in [-0.15, -0.1) is 0 Å². The van der Waals surface area contributed by atoms with E-state index in [1.807, 2.05) is 19.1 Å². The Morgan fingerprint density at radius 3 is 2.84 bits per heavy atom. The van der Waals surface area contributed by atoms with Crippen LogP contribution in [0.15, 0.2) is 28.8 Å². The lowest BCUT2D eigenvalue weighted by atomic mass is 9.93. The van der Waals surface area contributed by atoms with Crippen molar-refractivity contribution >= 4 is 17.0 Å². The molecule has 4 rings (SSSR count). The first kappa shape index (κ1) is 22.0. The third-order valence-corrected chi connectivity index (χ3v) is 5.77. The number of aryl methyl sites for hydroxylation is 2. The molecule has 0 bridgehead atoms. The predicted molar refractivity (Wildman–Crippen MR) is 113 cm³/mol. The number of fused-ring (bicyclic) bond motifs is 1. The molecule has 1 amide bonds. The second-order valence-electron chi connectivity index (χ2n) is 8.01. The second-order valence-corrected chi connectivity index (χ2v) is 8.01. The zero-order valence-electron chi connectivity index (χ0n) is 18.2. The van der Waals surface area contributed by atoms with Crippen molar-refractivity contribution < 1.29 is 27.6 Å². The van der Waals surface area contributed by atoms with Crippen LogP contribution in [0.5, 0.6) is 11.5 Å². The average molecular weight is 445 g/mol. The van der Waals surface area contributed by atoms with Gasteiger partial charge in [-0.2, -0.15) is 0 Å². The van der Waals surface area contributed by atoms with Crippen LogP contribution in [0.3, 0.4) is 0 Å². The summed E-state index contributed by atoms with van der Waals surface area (Å²) in [6, 6.07) is 6.91. The van der Waals surface area contributed by atoms with E-state index >= 15 is 0 Å². The number of amides is 1. The fourth-order valence-corrected chi connectivity index (χ4v) is 4.10. The van der Waals surface area contributed by atoms with Crippen LogP contribution in [0, 0.1) is 13.8 Å². The van der Waals surface area contributed by atoms with Crippen molar-refractivity contribution in [1.82, 2.24) is 15.0 Å². The summed E-state index contributed by atoms with van der Waals surface area (Å²) in [5.74, 6) is 0.708. The number of benzene rings is 1. The van der Waals surface area contributed by atoms with Crippen LogP contribution in [-0.2, 0) is 4.79 Å². The summed E-state index contributed by atoms with van der Waals surface area (Å²) < 4.78 is 43.5. The molecule has 0 N–H and O–H groups in total. The number of ether oxygens (including phenoxy) is 2. The second kappa shape index (κ2) is 9.10. The molecule has 0 unspecified atom stereocenters. The molecule has 9 heteroatoms. The molecule has 7 nitrogen and oxygen atoms in total. The van der Waals surface area contributed by atoms with Crippen LogP contribution >= 0.6 is 0 Å². The molecule has 3 heterocycles. The van der Waals surface area contributed by atoms with Crippen LogP contribution in [0.1, 0.15) is 47.7 Å². The summed E-state index contributed by atoms with van der Waals surface area (Å²) in [6.07, 6.45) is -1.19. The van der Waals surface area contributed by atoms with E-state index in [1.54, 1.807) is 25.0 Å². The average Bonchev–Trinajstić information content (AvgIpc) is 3.18. The summed E-state index contributed by atoms with van der Waals surface area (Å²) >= 11 is 0. The Hall–Kier alpha value is -3.23. The molecular formula is C23H25F2N3O4. The molecule has 0 spiro atoms. The van der Waals surface area contributed by atoms with E-state index in [0.717, 1.165) is 18.4 Å². The minimum atomic E-state index is -2.67. The standard InChI is InChI=1S/C23H25F2N3O4/c1-13-6-7-18(19(9-13)30-3)31-12-20(29)28-8-4-5-15(11-28)17-10-16(22(24)25)21-14(2)27-32-23(21)26-17/h6-7,9-10,15,22H,4-5,8,11-12H2,1-3H3/t15-/m0/s1. The first-order valence-corrected chi connectivity index (χ1v) is 10.5. The van der Waals surface area contributed by atoms with Crippen molar-refractivity contribution in [3.8, 4) is 11.5 Å². The first-order valence-electron chi connectivity index (χ1n) is 10.5. The fraction of sp³-hybridized carbons (Fsp3) is 0.435. The van der Waals surface area contributed by atoms with E-state index in [2.05, 4.69) is 10.1 Å². The van der Waals surface area contributed by atoms with E-state index in [9.17, 15) is 13.6 Å². The molecule has 0 radical (unpaired) electrons. The van der Waals surface area contributed by atoms with E-state index in [0.29, 0.717) is 36.0 Å². The summed E-state index contributed by atoms with van der Waals surface area (Å²) in [5, 5.41) is 4.04. The number of carbonyl (C=O) groups is 1. The van der Waals surface area contributed by atoms with Gasteiger partial charge in [-0.05, 0) is 50.5 Å². The van der Waals surface area contributed by atoms with Crippen molar-refractivity contribution in [3.63, 3.8) is 0 Å². The van der Waals surface area contributed by atoms with Gasteiger partial charge in [-0.1, -0.05) is 11.2 Å². The minimum Gasteiger partial charge on any atom is -0.493 e. The summed E-state index contributed by atoms with van der Waals surface area (Å²) in [4.78, 5) is 18.9. The predicted octanol–water partition coefficient (Wildman–Crippen LogP) is 4.57. The molecule has 3 aromatic rings. The van der Waals surface area contributed by atoms with Crippen LogP contribution in [0.2, 0.25) is 0 Å². The summed E-state index contributed by atoms with van der Waals surface area (Å²) in [6.45, 7) is 4.37. The maximum absolute atomic E-state index is 13.7. The van der Waals surface area contributed by atoms with E-state index in [1.165, 1.54) is 6.07 Å². The van der Waals surface area contributed by atoms with Crippen molar-refractivity contribution in [2.24, 2.45) is 0 Å². The Bertz CT molecular complexity index is 1130. The van der Waals surface area contributed by atoms with Gasteiger partial charge in [-0.3, -0.25) is 4.79 Å². The monoisotopic (exact) mass is 445 g/mol. The van der Waals surface area contributed by atoms with Gasteiger partial charge in [-0.25, -0.2) is 13.8 Å². The first-order chi connectivity index (χ1) is 15.4. The number of rotatable bonds is 6. The molecule has 1 saturated heterocycles. The highest BCUT2D eigenvalue weighted by molar-refractivity contribution is 5.80. The smallest absolute Gasteiger partial charge is 0.264 e. The molecule has 0 aliphatic carbocycles. The van der Waals surface area contributed by atoms with Crippen molar-refractivity contribution in [1.29, 1.82) is 0 Å². The zero-order chi connectivity index (χ0) is 22.8. The SMILES string of the molecule is COc1cc(C)ccc1OCC(=O)N1CCC[C@H](c2cc(C(F)F)c3c(C)noc3n2)C1. The van der Waals surface area contributed by atoms with Crippen LogP contribution in [-0.4, -0.2) is 47.8 Å². The zero-order valence-corrected chi connectivity index (χ0v) is 18.2. The van der Waals surface area contributed by atoms with Crippen LogP contribution < -0.4 is 9.47 Å². The van der Waals surface area contributed by atoms with Crippen molar-refractivity contribution in [2.45, 2.75) is 39.0 Å². The Balaban J connectivity index is 1.48. The van der Waals surface area contributed by atoms with Gasteiger partial charge in [0, 0.05) is 30.3 Å². The highest BCUT2D eigenvalue weighted by Gasteiger charge is 2.29. The van der Waals surface area contributed by atoms with Crippen LogP contribution in [0.25, 0.3) is 11.1 Å². The van der Waals surface area contributed by atoms with E-state index < -0.39 is 6.43 Å². The topological polar surface area (TPSA) is 77.7 Å². The number of aromatic nitrogens is 2. The molecule has 1 atom stereocenters. The lowest BCUT2D eigenvalue weighted by Crippen LogP contribution is -2.41. The third kappa shape index (κ3) is 4.37. The Morgan fingerprint density at radius 2 is 2.09 bits per heavy atom. The Kier molecular flexibility index (Phi) is 6.25. The van der Waals surface area contributed by atoms with Crippen molar-refractivity contribution in [2.75, 3.05) is 26.8 Å². The molecular weight excluding hydrogens is 420 g/mol. The molecule has 0 saturated carbocycles. The number of carbonyl (C=O) groups excluding carboxylic acids is 1. The maximum Gasteiger partial charge on any atom is 0.264 e. The molecule has 1 aliphatic rings. The third-order valence-electron chi connectivity index (χ3n) is 5.77. The molecule has 1 fully saturated rings. The van der Waals surface area contributed by atoms with Gasteiger partial charge in [0.15, 0.2) is 18.1 Å². The van der Waals surface area contributed by atoms with Crippen LogP contribution in [0.4, 0.5) is 8.78 Å². The summed E-state index contributed by atoms with van der Waals surface area (Å²) in [5.41, 5.74) is 1.87. The van der Waals surface area contributed by atoms with Gasteiger partial charge >= 0.3 is 0 Å². The minimum absolute atomic E-state index is 0.105. The fourth-order valence-electron chi connectivity index (χ4n) is 4.10. The van der Waals surface area contributed by atoms with Gasteiger partial charge in [0.1, 0.15) is 0 Å². The lowest BCUT2D eigenvalue weighted by Gasteiger charge is -2.32. The van der Waals surface area contributed by atoms with Gasteiger partial charge in [0.05, 0.1) is 18.2 Å². The normalized spacial score (nSPS) is 16.6. The number of likely N-dealkylation sites (tertiary alicyclic amines) is 1. The largest absolute Gasteiger partial charge is 0.493 e. The maximum atomic E-state index is 13.7. The number of piperidine rings is 1. The quantitative estimate of drug-likeness (QED) is 0.553. The van der Waals surface area contributed by atoms with Gasteiger partial charge in [0.25, 0.3) is 18.0 Å². The molecule has 1 aliphatic heterocycles. The molecule has 170 valence electrons. The Morgan fingerprint density at radius 1 is 1.28 bits per heavy atom. The molecule has 1 aromatic carbocycles. The molecule has 2 aromatic heterocycles. The lowest BCUT2D eigenvalue weighted by molar-refractivity contribution is -0.134. The van der Waals surface area contributed by atoms with Gasteiger partial charge < -0.3 is 18.9 Å². The number of hydrogen-bond acceptors (Lipinski definition) is 6. The highest BCUT2D eigenvalue weighted by atomic mass is 19.3. The van der Waals surface area contributed by atoms with Gasteiger partial charge in [0.2, 0.25) is 0 Å². The number of methoxy groups -OCH3 is 1. The van der Waals surface area contributed by atoms with E-state index in [4.69, 9.17) is 14.0 Å². The number of alkyl halides is 2. The summed E-state index contributed by atoms with van der Waals surface area (Å²) in [7, 11) is 1.55. The van der Waals surface area contributed by atoms with E-state index in [-0.39, 0.29) is 35.1 Å². The Labute approximate surface area is 184 Å².